The summed E-state index contributed by atoms with van der Waals surface area (Å²) in [6.45, 7) is 12.3. The van der Waals surface area contributed by atoms with Gasteiger partial charge in [-0.3, -0.25) is 15.0 Å². The normalized spacial score (nSPS) is 11.4. The number of nitro groups is 1. The number of nitrogens with one attached hydrogen (secondary N) is 1. The number of hydrogen-bond donors (Lipinski definition) is 1. The minimum absolute atomic E-state index is 0.168. The first kappa shape index (κ1) is 16.4. The third-order valence-electron chi connectivity index (χ3n) is 3.42. The highest BCUT2D eigenvalue weighted by atomic mass is 16.6. The maximum absolute atomic E-state index is 10.8. The smallest absolute Gasteiger partial charge is 0.272 e. The number of anilines is 1. The van der Waals surface area contributed by atoms with E-state index in [1.807, 2.05) is 6.07 Å². The molecule has 0 atom stereocenters. The standard InChI is InChI=1S/C15H25N3O2/c1-11(2)17(12(3)4)9-8-16-14-6-7-15(18(19)20)13(5)10-14/h6-7,10-12,16H,8-9H2,1-5H3. The first-order valence-electron chi connectivity index (χ1n) is 7.07. The molecular weight excluding hydrogens is 254 g/mol. The van der Waals surface area contributed by atoms with E-state index in [4.69, 9.17) is 0 Å². The molecule has 112 valence electrons. The second-order valence-electron chi connectivity index (χ2n) is 5.61. The fraction of sp³-hybridized carbons (Fsp3) is 0.600. The number of rotatable bonds is 7. The SMILES string of the molecule is Cc1cc(NCCN(C(C)C)C(C)C)ccc1[N+](=O)[O-]. The second-order valence-corrected chi connectivity index (χ2v) is 5.61. The van der Waals surface area contributed by atoms with Crippen LogP contribution in [0.25, 0.3) is 0 Å². The summed E-state index contributed by atoms with van der Waals surface area (Å²) < 4.78 is 0. The molecule has 0 aliphatic rings. The molecule has 0 aliphatic heterocycles. The summed E-state index contributed by atoms with van der Waals surface area (Å²) in [5, 5.41) is 14.1. The zero-order chi connectivity index (χ0) is 15.3. The van der Waals surface area contributed by atoms with E-state index in [9.17, 15) is 10.1 Å². The molecule has 0 aromatic heterocycles. The summed E-state index contributed by atoms with van der Waals surface area (Å²) in [5.41, 5.74) is 1.78. The van der Waals surface area contributed by atoms with E-state index in [0.717, 1.165) is 18.8 Å². The molecule has 0 saturated heterocycles. The van der Waals surface area contributed by atoms with E-state index in [1.54, 1.807) is 19.1 Å². The Morgan fingerprint density at radius 1 is 1.25 bits per heavy atom. The Bertz CT molecular complexity index is 450. The van der Waals surface area contributed by atoms with Crippen molar-refractivity contribution in [3.8, 4) is 0 Å². The first-order chi connectivity index (χ1) is 9.32. The minimum Gasteiger partial charge on any atom is -0.384 e. The van der Waals surface area contributed by atoms with Crippen LogP contribution in [0.15, 0.2) is 18.2 Å². The fourth-order valence-electron chi connectivity index (χ4n) is 2.41. The molecule has 0 unspecified atom stereocenters. The van der Waals surface area contributed by atoms with Crippen molar-refractivity contribution in [2.75, 3.05) is 18.4 Å². The molecule has 5 nitrogen and oxygen atoms in total. The molecule has 0 bridgehead atoms. The summed E-state index contributed by atoms with van der Waals surface area (Å²) in [7, 11) is 0. The van der Waals surface area contributed by atoms with E-state index in [1.165, 1.54) is 0 Å². The van der Waals surface area contributed by atoms with Gasteiger partial charge in [0.15, 0.2) is 0 Å². The van der Waals surface area contributed by atoms with Crippen LogP contribution in [0.1, 0.15) is 33.3 Å². The van der Waals surface area contributed by atoms with Gasteiger partial charge in [-0.1, -0.05) is 0 Å². The lowest BCUT2D eigenvalue weighted by molar-refractivity contribution is -0.385. The van der Waals surface area contributed by atoms with Crippen molar-refractivity contribution in [1.29, 1.82) is 0 Å². The van der Waals surface area contributed by atoms with Gasteiger partial charge in [-0.15, -0.1) is 0 Å². The summed E-state index contributed by atoms with van der Waals surface area (Å²) in [6, 6.07) is 6.17. The minimum atomic E-state index is -0.349. The highest BCUT2D eigenvalue weighted by Crippen LogP contribution is 2.21. The molecule has 0 heterocycles. The van der Waals surface area contributed by atoms with Crippen molar-refractivity contribution in [3.05, 3.63) is 33.9 Å². The zero-order valence-corrected chi connectivity index (χ0v) is 13.0. The Kier molecular flexibility index (Phi) is 5.95. The van der Waals surface area contributed by atoms with Crippen molar-refractivity contribution in [1.82, 2.24) is 4.90 Å². The van der Waals surface area contributed by atoms with Crippen LogP contribution >= 0.6 is 0 Å². The summed E-state index contributed by atoms with van der Waals surface area (Å²) in [4.78, 5) is 12.8. The van der Waals surface area contributed by atoms with Crippen molar-refractivity contribution in [2.45, 2.75) is 46.7 Å². The molecule has 0 saturated carbocycles. The van der Waals surface area contributed by atoms with Gasteiger partial charge in [0.25, 0.3) is 5.69 Å². The molecule has 1 N–H and O–H groups in total. The van der Waals surface area contributed by atoms with Gasteiger partial charge in [0, 0.05) is 42.5 Å². The van der Waals surface area contributed by atoms with Crippen LogP contribution in [0.5, 0.6) is 0 Å². The monoisotopic (exact) mass is 279 g/mol. The Morgan fingerprint density at radius 2 is 1.85 bits per heavy atom. The predicted octanol–water partition coefficient (Wildman–Crippen LogP) is 3.43. The fourth-order valence-corrected chi connectivity index (χ4v) is 2.41. The van der Waals surface area contributed by atoms with Crippen LogP contribution in [0, 0.1) is 17.0 Å². The van der Waals surface area contributed by atoms with Crippen LogP contribution in [0.2, 0.25) is 0 Å². The third kappa shape index (κ3) is 4.49. The number of nitrogens with zero attached hydrogens (tertiary/aromatic N) is 2. The molecular formula is C15H25N3O2. The average molecular weight is 279 g/mol. The van der Waals surface area contributed by atoms with Gasteiger partial charge in [-0.25, -0.2) is 0 Å². The Morgan fingerprint density at radius 3 is 2.30 bits per heavy atom. The maximum Gasteiger partial charge on any atom is 0.272 e. The molecule has 0 amide bonds. The zero-order valence-electron chi connectivity index (χ0n) is 13.0. The molecule has 1 aromatic rings. The summed E-state index contributed by atoms with van der Waals surface area (Å²) in [5.74, 6) is 0. The van der Waals surface area contributed by atoms with Crippen molar-refractivity contribution in [2.24, 2.45) is 0 Å². The molecule has 0 radical (unpaired) electrons. The quantitative estimate of drug-likeness (QED) is 0.613. The Balaban J connectivity index is 2.58. The van der Waals surface area contributed by atoms with E-state index in [-0.39, 0.29) is 10.6 Å². The van der Waals surface area contributed by atoms with Crippen LogP contribution in [0.4, 0.5) is 11.4 Å². The van der Waals surface area contributed by atoms with Crippen LogP contribution in [-0.2, 0) is 0 Å². The first-order valence-corrected chi connectivity index (χ1v) is 7.07. The van der Waals surface area contributed by atoms with Gasteiger partial charge in [-0.2, -0.15) is 0 Å². The van der Waals surface area contributed by atoms with Crippen LogP contribution in [0.3, 0.4) is 0 Å². The van der Waals surface area contributed by atoms with Crippen LogP contribution < -0.4 is 5.32 Å². The van der Waals surface area contributed by atoms with Crippen molar-refractivity contribution in [3.63, 3.8) is 0 Å². The Hall–Kier alpha value is -1.62. The predicted molar refractivity (Wildman–Crippen MR) is 83.3 cm³/mol. The lowest BCUT2D eigenvalue weighted by atomic mass is 10.2. The Labute approximate surface area is 121 Å². The van der Waals surface area contributed by atoms with Crippen molar-refractivity contribution >= 4 is 11.4 Å². The second kappa shape index (κ2) is 7.24. The van der Waals surface area contributed by atoms with E-state index in [0.29, 0.717) is 17.6 Å². The van der Waals surface area contributed by atoms with E-state index >= 15 is 0 Å². The lowest BCUT2D eigenvalue weighted by Crippen LogP contribution is -2.40. The van der Waals surface area contributed by atoms with Gasteiger partial charge in [0.05, 0.1) is 4.92 Å². The molecule has 0 aliphatic carbocycles. The number of benzene rings is 1. The van der Waals surface area contributed by atoms with Crippen molar-refractivity contribution < 1.29 is 4.92 Å². The van der Waals surface area contributed by atoms with Gasteiger partial charge >= 0.3 is 0 Å². The van der Waals surface area contributed by atoms with Gasteiger partial charge in [0.1, 0.15) is 0 Å². The molecule has 5 heteroatoms. The highest BCUT2D eigenvalue weighted by Gasteiger charge is 2.13. The third-order valence-corrected chi connectivity index (χ3v) is 3.42. The molecule has 20 heavy (non-hydrogen) atoms. The van der Waals surface area contributed by atoms with Gasteiger partial charge < -0.3 is 5.32 Å². The largest absolute Gasteiger partial charge is 0.384 e. The molecule has 1 aromatic carbocycles. The highest BCUT2D eigenvalue weighted by molar-refractivity contribution is 5.53. The van der Waals surface area contributed by atoms with Crippen LogP contribution in [-0.4, -0.2) is 35.0 Å². The van der Waals surface area contributed by atoms with Gasteiger partial charge in [-0.05, 0) is 46.8 Å². The summed E-state index contributed by atoms with van der Waals surface area (Å²) in [6.07, 6.45) is 0. The maximum atomic E-state index is 10.8. The van der Waals surface area contributed by atoms with E-state index in [2.05, 4.69) is 37.9 Å². The topological polar surface area (TPSA) is 58.4 Å². The van der Waals surface area contributed by atoms with Gasteiger partial charge in [0.2, 0.25) is 0 Å². The summed E-state index contributed by atoms with van der Waals surface area (Å²) >= 11 is 0. The average Bonchev–Trinajstić information content (AvgIpc) is 2.33. The molecule has 0 fully saturated rings. The molecule has 0 spiro atoms. The van der Waals surface area contributed by atoms with E-state index < -0.39 is 0 Å². The number of nitro benzene ring substituents is 1. The number of aryl methyl sites for hydroxylation is 1. The molecule has 1 rings (SSSR count). The number of hydrogen-bond acceptors (Lipinski definition) is 4. The lowest BCUT2D eigenvalue weighted by Gasteiger charge is -2.30.